The minimum atomic E-state index is 0.387. The molecule has 0 N–H and O–H groups in total. The summed E-state index contributed by atoms with van der Waals surface area (Å²) in [5.41, 5.74) is 0.389. The van der Waals surface area contributed by atoms with Gasteiger partial charge in [0.1, 0.15) is 11.6 Å². The van der Waals surface area contributed by atoms with Crippen molar-refractivity contribution in [3.63, 3.8) is 0 Å². The number of hydrogen-bond acceptors (Lipinski definition) is 8. The Morgan fingerprint density at radius 3 is 2.14 bits per heavy atom. The first kappa shape index (κ1) is 20.1. The molecule has 2 saturated heterocycles. The third-order valence-electron chi connectivity index (χ3n) is 4.58. The van der Waals surface area contributed by atoms with Crippen molar-refractivity contribution >= 4 is 23.5 Å². The van der Waals surface area contributed by atoms with Crippen LogP contribution in [0, 0.1) is 11.3 Å². The predicted octanol–water partition coefficient (Wildman–Crippen LogP) is 0.132. The van der Waals surface area contributed by atoms with Crippen LogP contribution >= 0.6 is 0 Å². The fraction of sp³-hybridized carbons (Fsp3) is 0.667. The van der Waals surface area contributed by atoms with E-state index < -0.39 is 0 Å². The Balaban J connectivity index is 2.09. The molecule has 2 aliphatic heterocycles. The van der Waals surface area contributed by atoms with Crippen molar-refractivity contribution in [2.24, 2.45) is 4.99 Å². The fourth-order valence-corrected chi connectivity index (χ4v) is 3.12. The molecule has 2 fully saturated rings. The third-order valence-corrected chi connectivity index (χ3v) is 4.58. The van der Waals surface area contributed by atoms with E-state index in [1.165, 1.54) is 0 Å². The number of ether oxygens (including phenoxy) is 2. The first-order valence-corrected chi connectivity index (χ1v) is 9.42. The number of morpholine rings is 2. The van der Waals surface area contributed by atoms with E-state index in [9.17, 15) is 5.26 Å². The SMILES string of the molecule is CN(C)/C(=N\c1nc(N(C)C)nc(N2CCOCC2)c1C#N)N1CCOCC1. The number of hydrogen-bond donors (Lipinski definition) is 0. The van der Waals surface area contributed by atoms with Gasteiger partial charge in [-0.2, -0.15) is 20.2 Å². The Morgan fingerprint density at radius 1 is 1.00 bits per heavy atom. The Bertz CT molecular complexity index is 747. The van der Waals surface area contributed by atoms with E-state index in [0.29, 0.717) is 62.7 Å². The van der Waals surface area contributed by atoms with Crippen molar-refractivity contribution in [3.8, 4) is 6.07 Å². The second kappa shape index (κ2) is 9.03. The van der Waals surface area contributed by atoms with Crippen LogP contribution in [0.1, 0.15) is 5.56 Å². The quantitative estimate of drug-likeness (QED) is 0.529. The van der Waals surface area contributed by atoms with Gasteiger partial charge in [0.05, 0.1) is 26.4 Å². The van der Waals surface area contributed by atoms with Crippen molar-refractivity contribution < 1.29 is 9.47 Å². The molecule has 3 rings (SSSR count). The van der Waals surface area contributed by atoms with Crippen LogP contribution in [0.15, 0.2) is 4.99 Å². The van der Waals surface area contributed by atoms with Gasteiger partial charge < -0.3 is 29.1 Å². The van der Waals surface area contributed by atoms with Gasteiger partial charge in [0.2, 0.25) is 11.9 Å². The molecule has 0 spiro atoms. The van der Waals surface area contributed by atoms with E-state index in [1.54, 1.807) is 0 Å². The molecule has 10 heteroatoms. The standard InChI is InChI=1S/C18H28N8O2/c1-23(2)17-20-15(21-18(24(3)4)26-7-11-28-12-8-26)14(13-19)16(22-17)25-5-9-27-10-6-25/h5-12H2,1-4H3/b21-18+. The lowest BCUT2D eigenvalue weighted by molar-refractivity contribution is 0.0638. The van der Waals surface area contributed by atoms with Gasteiger partial charge in [-0.1, -0.05) is 0 Å². The summed E-state index contributed by atoms with van der Waals surface area (Å²) in [6.07, 6.45) is 0. The second-order valence-electron chi connectivity index (χ2n) is 7.06. The van der Waals surface area contributed by atoms with Gasteiger partial charge in [-0.05, 0) is 0 Å². The highest BCUT2D eigenvalue weighted by molar-refractivity contribution is 5.84. The molecule has 152 valence electrons. The lowest BCUT2D eigenvalue weighted by Gasteiger charge is -2.33. The van der Waals surface area contributed by atoms with Crippen molar-refractivity contribution in [2.75, 3.05) is 90.6 Å². The van der Waals surface area contributed by atoms with Crippen molar-refractivity contribution in [1.82, 2.24) is 19.8 Å². The van der Waals surface area contributed by atoms with Gasteiger partial charge in [0.15, 0.2) is 11.6 Å². The molecule has 0 unspecified atom stereocenters. The topological polar surface area (TPSA) is 93.3 Å². The molecule has 0 aliphatic carbocycles. The molecule has 0 radical (unpaired) electrons. The van der Waals surface area contributed by atoms with Gasteiger partial charge in [-0.15, -0.1) is 0 Å². The van der Waals surface area contributed by atoms with Crippen molar-refractivity contribution in [2.45, 2.75) is 0 Å². The fourth-order valence-electron chi connectivity index (χ4n) is 3.12. The molecule has 2 aliphatic rings. The molecule has 28 heavy (non-hydrogen) atoms. The highest BCUT2D eigenvalue weighted by Crippen LogP contribution is 2.29. The molecule has 0 saturated carbocycles. The largest absolute Gasteiger partial charge is 0.378 e. The second-order valence-corrected chi connectivity index (χ2v) is 7.06. The zero-order valence-corrected chi connectivity index (χ0v) is 17.1. The Labute approximate surface area is 166 Å². The Kier molecular flexibility index (Phi) is 6.49. The molecule has 0 aromatic carbocycles. The third kappa shape index (κ3) is 4.43. The predicted molar refractivity (Wildman–Crippen MR) is 107 cm³/mol. The number of nitriles is 1. The van der Waals surface area contributed by atoms with E-state index in [-0.39, 0.29) is 0 Å². The molecule has 3 heterocycles. The molecule has 0 bridgehead atoms. The van der Waals surface area contributed by atoms with Crippen LogP contribution in [0.4, 0.5) is 17.6 Å². The summed E-state index contributed by atoms with van der Waals surface area (Å²) >= 11 is 0. The maximum Gasteiger partial charge on any atom is 0.228 e. The minimum absolute atomic E-state index is 0.387. The van der Waals surface area contributed by atoms with Crippen LogP contribution < -0.4 is 9.80 Å². The lowest BCUT2D eigenvalue weighted by Crippen LogP contribution is -2.46. The van der Waals surface area contributed by atoms with Gasteiger partial charge in [-0.3, -0.25) is 0 Å². The maximum atomic E-state index is 9.90. The number of anilines is 2. The zero-order valence-electron chi connectivity index (χ0n) is 17.1. The molecule has 1 aromatic rings. The van der Waals surface area contributed by atoms with Crippen LogP contribution in [0.2, 0.25) is 0 Å². The minimum Gasteiger partial charge on any atom is -0.378 e. The highest BCUT2D eigenvalue weighted by Gasteiger charge is 2.24. The van der Waals surface area contributed by atoms with Crippen LogP contribution in [-0.2, 0) is 9.47 Å². The van der Waals surface area contributed by atoms with E-state index >= 15 is 0 Å². The summed E-state index contributed by atoms with van der Waals surface area (Å²) in [6, 6.07) is 2.28. The average molecular weight is 388 g/mol. The first-order chi connectivity index (χ1) is 13.5. The van der Waals surface area contributed by atoms with Gasteiger partial charge in [0, 0.05) is 54.4 Å². The first-order valence-electron chi connectivity index (χ1n) is 9.42. The normalized spacial score (nSPS) is 18.0. The molecule has 1 aromatic heterocycles. The van der Waals surface area contributed by atoms with E-state index in [1.807, 2.05) is 38.0 Å². The number of aliphatic imine (C=N–C) groups is 1. The number of guanidine groups is 1. The lowest BCUT2D eigenvalue weighted by atomic mass is 10.2. The summed E-state index contributed by atoms with van der Waals surface area (Å²) < 4.78 is 10.9. The number of nitrogens with zero attached hydrogens (tertiary/aromatic N) is 8. The summed E-state index contributed by atoms with van der Waals surface area (Å²) in [6.45, 7) is 5.41. The van der Waals surface area contributed by atoms with Crippen LogP contribution in [0.3, 0.4) is 0 Å². The van der Waals surface area contributed by atoms with E-state index in [2.05, 4.69) is 25.8 Å². The molecule has 10 nitrogen and oxygen atoms in total. The smallest absolute Gasteiger partial charge is 0.228 e. The van der Waals surface area contributed by atoms with Gasteiger partial charge in [0.25, 0.3) is 0 Å². The maximum absolute atomic E-state index is 9.90. The summed E-state index contributed by atoms with van der Waals surface area (Å²) in [7, 11) is 7.65. The Morgan fingerprint density at radius 2 is 1.61 bits per heavy atom. The average Bonchev–Trinajstić information content (AvgIpc) is 2.72. The van der Waals surface area contributed by atoms with Gasteiger partial charge in [-0.25, -0.2) is 0 Å². The van der Waals surface area contributed by atoms with Crippen molar-refractivity contribution in [1.29, 1.82) is 5.26 Å². The monoisotopic (exact) mass is 388 g/mol. The molecule has 0 amide bonds. The van der Waals surface area contributed by atoms with E-state index in [0.717, 1.165) is 19.0 Å². The van der Waals surface area contributed by atoms with Gasteiger partial charge >= 0.3 is 0 Å². The Hall–Kier alpha value is -2.64. The van der Waals surface area contributed by atoms with Crippen molar-refractivity contribution in [3.05, 3.63) is 5.56 Å². The van der Waals surface area contributed by atoms with Crippen LogP contribution in [0.5, 0.6) is 0 Å². The number of rotatable bonds is 3. The van der Waals surface area contributed by atoms with Crippen LogP contribution in [0.25, 0.3) is 0 Å². The van der Waals surface area contributed by atoms with E-state index in [4.69, 9.17) is 14.5 Å². The number of aromatic nitrogens is 2. The van der Waals surface area contributed by atoms with Crippen LogP contribution in [-0.4, -0.2) is 107 Å². The molecular weight excluding hydrogens is 360 g/mol. The molecule has 0 atom stereocenters. The zero-order chi connectivity index (χ0) is 20.1. The summed E-state index contributed by atoms with van der Waals surface area (Å²) in [5, 5.41) is 9.90. The highest BCUT2D eigenvalue weighted by atomic mass is 16.5. The summed E-state index contributed by atoms with van der Waals surface area (Å²) in [5.74, 6) is 2.29. The molecular formula is C18H28N8O2. The summed E-state index contributed by atoms with van der Waals surface area (Å²) in [4.78, 5) is 22.0.